The molecule has 0 saturated carbocycles. The molecule has 3 rings (SSSR count). The topological polar surface area (TPSA) is 98.0 Å². The molecule has 31 heavy (non-hydrogen) atoms. The molecule has 168 valence electrons. The Kier molecular flexibility index (Phi) is 7.75. The van der Waals surface area contributed by atoms with Crippen LogP contribution < -0.4 is 15.8 Å². The Balaban J connectivity index is 1.72. The summed E-state index contributed by atoms with van der Waals surface area (Å²) in [5.41, 5.74) is 0.145. The fraction of sp³-hybridized carbons (Fsp3) is 0.545. The van der Waals surface area contributed by atoms with E-state index in [0.29, 0.717) is 68.9 Å². The first-order valence-corrected chi connectivity index (χ1v) is 10.8. The zero-order chi connectivity index (χ0) is 22.4. The maximum atomic E-state index is 13.3. The number of ether oxygens (including phenoxy) is 1. The molecule has 0 aliphatic carbocycles. The largest absolute Gasteiger partial charge is 0.383 e. The molecule has 1 aromatic carbocycles. The van der Waals surface area contributed by atoms with E-state index in [1.807, 2.05) is 19.9 Å². The number of hydrogen-bond donors (Lipinski definition) is 2. The summed E-state index contributed by atoms with van der Waals surface area (Å²) in [6.45, 7) is 8.31. The summed E-state index contributed by atoms with van der Waals surface area (Å²) in [5, 5.41) is 8.39. The van der Waals surface area contributed by atoms with Crippen molar-refractivity contribution in [2.24, 2.45) is 5.92 Å². The van der Waals surface area contributed by atoms with E-state index in [1.165, 1.54) is 4.68 Å². The fourth-order valence-corrected chi connectivity index (χ4v) is 3.80. The molecule has 0 atom stereocenters. The van der Waals surface area contributed by atoms with Gasteiger partial charge >= 0.3 is 0 Å². The van der Waals surface area contributed by atoms with Gasteiger partial charge in [-0.15, -0.1) is 0 Å². The Morgan fingerprint density at radius 2 is 1.87 bits per heavy atom. The zero-order valence-electron chi connectivity index (χ0n) is 18.5. The summed E-state index contributed by atoms with van der Waals surface area (Å²) in [6, 6.07) is 7.15. The maximum Gasteiger partial charge on any atom is 0.275 e. The molecule has 2 heterocycles. The molecule has 0 bridgehead atoms. The molecule has 2 N–H and O–H groups in total. The Morgan fingerprint density at radius 3 is 2.52 bits per heavy atom. The van der Waals surface area contributed by atoms with Gasteiger partial charge in [-0.2, -0.15) is 5.10 Å². The van der Waals surface area contributed by atoms with Crippen LogP contribution in [0, 0.1) is 5.92 Å². The first-order valence-electron chi connectivity index (χ1n) is 10.8. The first-order chi connectivity index (χ1) is 14.9. The van der Waals surface area contributed by atoms with Crippen LogP contribution >= 0.6 is 0 Å². The summed E-state index contributed by atoms with van der Waals surface area (Å²) in [7, 11) is 1.60. The predicted molar refractivity (Wildman–Crippen MR) is 117 cm³/mol. The van der Waals surface area contributed by atoms with Crippen LogP contribution in [0.2, 0.25) is 0 Å². The van der Waals surface area contributed by atoms with E-state index in [1.54, 1.807) is 30.2 Å². The molecular weight excluding hydrogens is 398 g/mol. The lowest BCUT2D eigenvalue weighted by Crippen LogP contribution is -3.15. The van der Waals surface area contributed by atoms with Crippen molar-refractivity contribution < 1.29 is 19.2 Å². The molecule has 0 spiro atoms. The quantitative estimate of drug-likeness (QED) is 0.532. The number of carbonyl (C=O) groups is 2. The van der Waals surface area contributed by atoms with E-state index >= 15 is 0 Å². The van der Waals surface area contributed by atoms with Crippen molar-refractivity contribution in [3.8, 4) is 0 Å². The molecule has 0 radical (unpaired) electrons. The van der Waals surface area contributed by atoms with Gasteiger partial charge in [0.25, 0.3) is 17.4 Å². The van der Waals surface area contributed by atoms with Gasteiger partial charge in [0.05, 0.1) is 38.2 Å². The van der Waals surface area contributed by atoms with Gasteiger partial charge in [-0.1, -0.05) is 32.0 Å². The number of piperazine rings is 1. The number of rotatable bonds is 8. The van der Waals surface area contributed by atoms with Crippen LogP contribution in [-0.2, 0) is 16.1 Å². The Morgan fingerprint density at radius 1 is 1.19 bits per heavy atom. The second-order valence-corrected chi connectivity index (χ2v) is 8.34. The van der Waals surface area contributed by atoms with Gasteiger partial charge in [-0.3, -0.25) is 14.4 Å². The van der Waals surface area contributed by atoms with Gasteiger partial charge in [0.1, 0.15) is 0 Å². The number of nitrogens with zero attached hydrogens (tertiary/aromatic N) is 3. The Hall–Kier alpha value is -2.78. The van der Waals surface area contributed by atoms with Crippen LogP contribution in [0.25, 0.3) is 10.8 Å². The Bertz CT molecular complexity index is 980. The number of nitrogens with one attached hydrogen (secondary N) is 2. The molecule has 9 heteroatoms. The lowest BCUT2D eigenvalue weighted by Gasteiger charge is -2.32. The van der Waals surface area contributed by atoms with Gasteiger partial charge < -0.3 is 19.9 Å². The third-order valence-corrected chi connectivity index (χ3v) is 5.41. The van der Waals surface area contributed by atoms with Crippen molar-refractivity contribution in [2.45, 2.75) is 20.4 Å². The number of fused-ring (bicyclic) bond motifs is 1. The summed E-state index contributed by atoms with van der Waals surface area (Å²) in [6.07, 6.45) is 0. The molecule has 9 nitrogen and oxygen atoms in total. The second kappa shape index (κ2) is 10.5. The van der Waals surface area contributed by atoms with Crippen LogP contribution in [0.15, 0.2) is 29.1 Å². The molecule has 2 amide bonds. The predicted octanol–water partition coefficient (Wildman–Crippen LogP) is -0.844. The number of methoxy groups -OCH3 is 1. The first kappa shape index (κ1) is 22.9. The van der Waals surface area contributed by atoms with Crippen LogP contribution in [0.4, 0.5) is 0 Å². The summed E-state index contributed by atoms with van der Waals surface area (Å²) < 4.78 is 6.35. The molecule has 1 aromatic heterocycles. The normalized spacial score (nSPS) is 14.9. The standard InChI is InChI=1S/C22H31N5O4/c1-16(2)14-27-21(29)18-7-5-4-6-17(18)20(24-27)22(30)26-11-9-25(10-12-26)15-19(28)23-8-13-31-3/h4-7,16H,8-15H2,1-3H3,(H,23,28)/p+1. The smallest absolute Gasteiger partial charge is 0.275 e. The number of hydrogen-bond acceptors (Lipinski definition) is 5. The molecule has 1 fully saturated rings. The minimum absolute atomic E-state index is 0.0137. The second-order valence-electron chi connectivity index (χ2n) is 8.34. The molecule has 0 unspecified atom stereocenters. The highest BCUT2D eigenvalue weighted by Crippen LogP contribution is 2.16. The van der Waals surface area contributed by atoms with Crippen LogP contribution in [0.1, 0.15) is 24.3 Å². The highest BCUT2D eigenvalue weighted by molar-refractivity contribution is 6.04. The van der Waals surface area contributed by atoms with Gasteiger partial charge in [0.2, 0.25) is 0 Å². The number of aromatic nitrogens is 2. The van der Waals surface area contributed by atoms with E-state index in [2.05, 4.69) is 10.4 Å². The van der Waals surface area contributed by atoms with E-state index in [9.17, 15) is 14.4 Å². The van der Waals surface area contributed by atoms with Crippen molar-refractivity contribution in [3.63, 3.8) is 0 Å². The van der Waals surface area contributed by atoms with Gasteiger partial charge in [-0.05, 0) is 12.0 Å². The van der Waals surface area contributed by atoms with Gasteiger partial charge in [-0.25, -0.2) is 4.68 Å². The highest BCUT2D eigenvalue weighted by atomic mass is 16.5. The minimum Gasteiger partial charge on any atom is -0.383 e. The number of benzene rings is 1. The molecule has 1 saturated heterocycles. The average molecular weight is 431 g/mol. The van der Waals surface area contributed by atoms with Crippen molar-refractivity contribution in [1.82, 2.24) is 20.0 Å². The maximum absolute atomic E-state index is 13.3. The van der Waals surface area contributed by atoms with Gasteiger partial charge in [0.15, 0.2) is 12.2 Å². The summed E-state index contributed by atoms with van der Waals surface area (Å²) in [4.78, 5) is 41.0. The molecule has 1 aliphatic heterocycles. The van der Waals surface area contributed by atoms with Crippen molar-refractivity contribution in [2.75, 3.05) is 53.0 Å². The van der Waals surface area contributed by atoms with E-state index in [4.69, 9.17) is 4.74 Å². The fourth-order valence-electron chi connectivity index (χ4n) is 3.80. The molecular formula is C22H32N5O4+. The monoisotopic (exact) mass is 430 g/mol. The third-order valence-electron chi connectivity index (χ3n) is 5.41. The average Bonchev–Trinajstić information content (AvgIpc) is 2.76. The molecule has 1 aliphatic rings. The van der Waals surface area contributed by atoms with E-state index < -0.39 is 0 Å². The van der Waals surface area contributed by atoms with Crippen LogP contribution in [0.5, 0.6) is 0 Å². The lowest BCUT2D eigenvalue weighted by molar-refractivity contribution is -0.896. The highest BCUT2D eigenvalue weighted by Gasteiger charge is 2.28. The minimum atomic E-state index is -0.172. The number of amides is 2. The zero-order valence-corrected chi connectivity index (χ0v) is 18.5. The summed E-state index contributed by atoms with van der Waals surface area (Å²) in [5.74, 6) is 0.0500. The van der Waals surface area contributed by atoms with Crippen LogP contribution in [-0.4, -0.2) is 79.5 Å². The van der Waals surface area contributed by atoms with Crippen molar-refractivity contribution >= 4 is 22.6 Å². The van der Waals surface area contributed by atoms with Crippen LogP contribution in [0.3, 0.4) is 0 Å². The van der Waals surface area contributed by atoms with Crippen molar-refractivity contribution in [1.29, 1.82) is 0 Å². The molecule has 2 aromatic rings. The van der Waals surface area contributed by atoms with Gasteiger partial charge in [0, 0.05) is 25.6 Å². The summed E-state index contributed by atoms with van der Waals surface area (Å²) >= 11 is 0. The van der Waals surface area contributed by atoms with E-state index in [0.717, 1.165) is 4.90 Å². The lowest BCUT2D eigenvalue weighted by atomic mass is 10.1. The van der Waals surface area contributed by atoms with Crippen molar-refractivity contribution in [3.05, 3.63) is 40.3 Å². The number of carbonyl (C=O) groups excluding carboxylic acids is 2. The third kappa shape index (κ3) is 5.68. The Labute approximate surface area is 182 Å². The SMILES string of the molecule is COCCNC(=O)C[NH+]1CCN(C(=O)c2nn(CC(C)C)c(=O)c3ccccc23)CC1. The number of quaternary nitrogens is 1. The van der Waals surface area contributed by atoms with E-state index in [-0.39, 0.29) is 23.3 Å².